The minimum Gasteiger partial charge on any atom is -0.271 e. The van der Waals surface area contributed by atoms with Crippen LogP contribution in [0.4, 0.5) is 0 Å². The topological polar surface area (TPSA) is 38.0 Å². The maximum Gasteiger partial charge on any atom is 0.0453 e. The zero-order chi connectivity index (χ0) is 15.4. The molecule has 0 bridgehead atoms. The lowest BCUT2D eigenvalue weighted by Crippen LogP contribution is -2.38. The number of hydrogen-bond donors (Lipinski definition) is 2. The molecule has 0 heterocycles. The Morgan fingerprint density at radius 2 is 1.57 bits per heavy atom. The molecule has 2 rings (SSSR count). The second kappa shape index (κ2) is 7.68. The van der Waals surface area contributed by atoms with Crippen molar-refractivity contribution in [1.29, 1.82) is 0 Å². The largest absolute Gasteiger partial charge is 0.271 e. The van der Waals surface area contributed by atoms with Crippen LogP contribution in [0.15, 0.2) is 36.4 Å². The average molecular weight is 364 g/mol. The molecule has 0 radical (unpaired) electrons. The molecule has 6 heteroatoms. The Labute approximate surface area is 144 Å². The zero-order valence-corrected chi connectivity index (χ0v) is 14.1. The summed E-state index contributed by atoms with van der Waals surface area (Å²) in [5, 5.41) is 2.48. The van der Waals surface area contributed by atoms with Gasteiger partial charge in [-0.2, -0.15) is 0 Å². The third kappa shape index (κ3) is 4.49. The number of halogens is 4. The van der Waals surface area contributed by atoms with Crippen molar-refractivity contribution in [2.45, 2.75) is 18.9 Å². The molecule has 0 fully saturated rings. The fourth-order valence-corrected chi connectivity index (χ4v) is 3.15. The van der Waals surface area contributed by atoms with Crippen LogP contribution in [0.25, 0.3) is 0 Å². The smallest absolute Gasteiger partial charge is 0.0453 e. The summed E-state index contributed by atoms with van der Waals surface area (Å²) in [5.41, 5.74) is 4.62. The maximum absolute atomic E-state index is 6.19. The number of hydrogen-bond acceptors (Lipinski definition) is 2. The predicted molar refractivity (Wildman–Crippen MR) is 91.4 cm³/mol. The lowest BCUT2D eigenvalue weighted by molar-refractivity contribution is 0.523. The first kappa shape index (κ1) is 16.9. The van der Waals surface area contributed by atoms with Gasteiger partial charge in [0, 0.05) is 26.1 Å². The van der Waals surface area contributed by atoms with Crippen LogP contribution in [0.1, 0.15) is 11.1 Å². The molecule has 0 aliphatic heterocycles. The van der Waals surface area contributed by atoms with Crippen LogP contribution in [0.5, 0.6) is 0 Å². The van der Waals surface area contributed by atoms with Gasteiger partial charge in [0.2, 0.25) is 0 Å². The molecule has 1 atom stereocenters. The quantitative estimate of drug-likeness (QED) is 0.584. The van der Waals surface area contributed by atoms with Crippen LogP contribution in [-0.4, -0.2) is 6.04 Å². The first-order valence-corrected chi connectivity index (χ1v) is 7.85. The number of hydrazine groups is 1. The molecule has 3 N–H and O–H groups in total. The molecule has 0 aliphatic carbocycles. The van der Waals surface area contributed by atoms with Crippen molar-refractivity contribution in [3.05, 3.63) is 67.6 Å². The van der Waals surface area contributed by atoms with Gasteiger partial charge in [-0.05, 0) is 48.2 Å². The van der Waals surface area contributed by atoms with Crippen molar-refractivity contribution in [3.8, 4) is 0 Å². The van der Waals surface area contributed by atoms with E-state index >= 15 is 0 Å². The highest BCUT2D eigenvalue weighted by Gasteiger charge is 2.15. The molecular formula is C15H14Cl4N2. The summed E-state index contributed by atoms with van der Waals surface area (Å²) in [7, 11) is 0. The number of nitrogens with one attached hydrogen (secondary N) is 1. The standard InChI is InChI=1S/C15H14Cl4N2/c16-10-5-4-9(15(19)7-10)6-11(21-20)8-12-13(17)2-1-3-14(12)18/h1-5,7,11,21H,6,8,20H2. The van der Waals surface area contributed by atoms with E-state index in [1.807, 2.05) is 24.3 Å². The summed E-state index contributed by atoms with van der Waals surface area (Å²) in [6.07, 6.45) is 1.25. The van der Waals surface area contributed by atoms with Gasteiger partial charge in [-0.1, -0.05) is 58.5 Å². The number of benzene rings is 2. The maximum atomic E-state index is 6.19. The van der Waals surface area contributed by atoms with Crippen LogP contribution in [0.3, 0.4) is 0 Å². The Morgan fingerprint density at radius 3 is 2.14 bits per heavy atom. The van der Waals surface area contributed by atoms with E-state index in [-0.39, 0.29) is 6.04 Å². The van der Waals surface area contributed by atoms with Crippen molar-refractivity contribution in [2.24, 2.45) is 5.84 Å². The van der Waals surface area contributed by atoms with Crippen molar-refractivity contribution in [2.75, 3.05) is 0 Å². The summed E-state index contributed by atoms with van der Waals surface area (Å²) < 4.78 is 0. The normalized spacial score (nSPS) is 12.4. The Balaban J connectivity index is 2.17. The van der Waals surface area contributed by atoms with E-state index in [2.05, 4.69) is 5.43 Å². The Kier molecular flexibility index (Phi) is 6.18. The molecular weight excluding hydrogens is 350 g/mol. The minimum absolute atomic E-state index is 0.0407. The fraction of sp³-hybridized carbons (Fsp3) is 0.200. The molecule has 0 aromatic heterocycles. The van der Waals surface area contributed by atoms with Gasteiger partial charge >= 0.3 is 0 Å². The van der Waals surface area contributed by atoms with E-state index < -0.39 is 0 Å². The molecule has 2 aromatic carbocycles. The van der Waals surface area contributed by atoms with Gasteiger partial charge < -0.3 is 0 Å². The third-order valence-corrected chi connectivity index (χ3v) is 4.52. The summed E-state index contributed by atoms with van der Waals surface area (Å²) in [6, 6.07) is 10.8. The van der Waals surface area contributed by atoms with Gasteiger partial charge in [0.25, 0.3) is 0 Å². The molecule has 0 aliphatic rings. The molecule has 2 aromatic rings. The third-order valence-electron chi connectivity index (χ3n) is 3.23. The van der Waals surface area contributed by atoms with E-state index in [4.69, 9.17) is 52.2 Å². The zero-order valence-electron chi connectivity index (χ0n) is 11.0. The first-order valence-electron chi connectivity index (χ1n) is 6.34. The number of rotatable bonds is 5. The van der Waals surface area contributed by atoms with Crippen LogP contribution < -0.4 is 11.3 Å². The molecule has 21 heavy (non-hydrogen) atoms. The van der Waals surface area contributed by atoms with Crippen LogP contribution in [-0.2, 0) is 12.8 Å². The average Bonchev–Trinajstić information content (AvgIpc) is 2.44. The summed E-state index contributed by atoms with van der Waals surface area (Å²) >= 11 is 24.5. The van der Waals surface area contributed by atoms with Crippen molar-refractivity contribution >= 4 is 46.4 Å². The highest BCUT2D eigenvalue weighted by Crippen LogP contribution is 2.27. The molecule has 112 valence electrons. The van der Waals surface area contributed by atoms with Crippen molar-refractivity contribution < 1.29 is 0 Å². The fourth-order valence-electron chi connectivity index (χ4n) is 2.12. The molecule has 1 unspecified atom stereocenters. The number of nitrogens with two attached hydrogens (primary N) is 1. The van der Waals surface area contributed by atoms with E-state index in [9.17, 15) is 0 Å². The summed E-state index contributed by atoms with van der Waals surface area (Å²) in [4.78, 5) is 0. The van der Waals surface area contributed by atoms with Gasteiger partial charge in [0.05, 0.1) is 0 Å². The highest BCUT2D eigenvalue weighted by atomic mass is 35.5. The van der Waals surface area contributed by atoms with Gasteiger partial charge in [-0.3, -0.25) is 11.3 Å². The SMILES string of the molecule is NNC(Cc1ccc(Cl)cc1Cl)Cc1c(Cl)cccc1Cl. The van der Waals surface area contributed by atoms with Gasteiger partial charge in [-0.25, -0.2) is 0 Å². The molecule has 0 saturated carbocycles. The van der Waals surface area contributed by atoms with Gasteiger partial charge in [0.15, 0.2) is 0 Å². The molecule has 0 saturated heterocycles. The molecule has 0 spiro atoms. The van der Waals surface area contributed by atoms with Gasteiger partial charge in [0.1, 0.15) is 0 Å². The van der Waals surface area contributed by atoms with Gasteiger partial charge in [-0.15, -0.1) is 0 Å². The van der Waals surface area contributed by atoms with Crippen LogP contribution in [0, 0.1) is 0 Å². The van der Waals surface area contributed by atoms with E-state index in [1.54, 1.807) is 12.1 Å². The monoisotopic (exact) mass is 362 g/mol. The second-order valence-electron chi connectivity index (χ2n) is 4.71. The molecule has 2 nitrogen and oxygen atoms in total. The Hall–Kier alpha value is -0.480. The van der Waals surface area contributed by atoms with Crippen molar-refractivity contribution in [1.82, 2.24) is 5.43 Å². The van der Waals surface area contributed by atoms with E-state index in [0.29, 0.717) is 32.9 Å². The van der Waals surface area contributed by atoms with Crippen LogP contribution in [0.2, 0.25) is 20.1 Å². The summed E-state index contributed by atoms with van der Waals surface area (Å²) in [5.74, 6) is 5.64. The highest BCUT2D eigenvalue weighted by molar-refractivity contribution is 6.36. The van der Waals surface area contributed by atoms with Crippen LogP contribution >= 0.6 is 46.4 Å². The Bertz CT molecular complexity index is 611. The lowest BCUT2D eigenvalue weighted by Gasteiger charge is -2.18. The lowest BCUT2D eigenvalue weighted by atomic mass is 9.99. The Morgan fingerprint density at radius 1 is 0.905 bits per heavy atom. The first-order chi connectivity index (χ1) is 10.0. The summed E-state index contributed by atoms with van der Waals surface area (Å²) in [6.45, 7) is 0. The second-order valence-corrected chi connectivity index (χ2v) is 6.37. The predicted octanol–water partition coefficient (Wildman–Crippen LogP) is 4.92. The van der Waals surface area contributed by atoms with Crippen molar-refractivity contribution in [3.63, 3.8) is 0 Å². The van der Waals surface area contributed by atoms with E-state index in [1.165, 1.54) is 0 Å². The van der Waals surface area contributed by atoms with E-state index in [0.717, 1.165) is 11.1 Å². The minimum atomic E-state index is -0.0407. The molecule has 0 amide bonds.